The minimum absolute atomic E-state index is 0.0582. The third-order valence-corrected chi connectivity index (χ3v) is 5.36. The zero-order valence-electron chi connectivity index (χ0n) is 14.4. The van der Waals surface area contributed by atoms with Gasteiger partial charge in [-0.05, 0) is 30.5 Å². The summed E-state index contributed by atoms with van der Waals surface area (Å²) in [5, 5.41) is 3.16. The van der Waals surface area contributed by atoms with E-state index in [4.69, 9.17) is 0 Å². The lowest BCUT2D eigenvalue weighted by atomic mass is 9.96. The molecule has 1 N–H and O–H groups in total. The number of pyridine rings is 1. The molecule has 1 saturated heterocycles. The number of piperazine rings is 1. The molecule has 5 heteroatoms. The lowest BCUT2D eigenvalue weighted by Crippen LogP contribution is -2.52. The van der Waals surface area contributed by atoms with Crippen LogP contribution in [0.4, 0.5) is 10.6 Å². The van der Waals surface area contributed by atoms with Crippen molar-refractivity contribution in [2.45, 2.75) is 18.3 Å². The van der Waals surface area contributed by atoms with Crippen LogP contribution in [0.2, 0.25) is 0 Å². The number of nitrogens with zero attached hydrogens (tertiary/aromatic N) is 3. The molecule has 2 amide bonds. The first-order chi connectivity index (χ1) is 12.3. The van der Waals surface area contributed by atoms with E-state index in [0.717, 1.165) is 51.4 Å². The molecule has 0 spiro atoms. The molecule has 25 heavy (non-hydrogen) atoms. The Labute approximate surface area is 148 Å². The van der Waals surface area contributed by atoms with Crippen molar-refractivity contribution in [1.29, 1.82) is 0 Å². The van der Waals surface area contributed by atoms with Gasteiger partial charge in [0.05, 0.1) is 0 Å². The fourth-order valence-corrected chi connectivity index (χ4v) is 3.55. The SMILES string of the molecule is O=C(NCC1(c2ccccc2)CC1)N1CCN(c2ccccn2)CC1. The van der Waals surface area contributed by atoms with Crippen LogP contribution in [-0.4, -0.2) is 48.6 Å². The first kappa shape index (κ1) is 15.9. The van der Waals surface area contributed by atoms with Crippen LogP contribution in [0.25, 0.3) is 0 Å². The van der Waals surface area contributed by atoms with E-state index in [1.165, 1.54) is 5.56 Å². The molecule has 2 aromatic rings. The number of hydrogen-bond donors (Lipinski definition) is 1. The molecular weight excluding hydrogens is 312 g/mol. The topological polar surface area (TPSA) is 48.5 Å². The average molecular weight is 336 g/mol. The molecule has 4 rings (SSSR count). The highest BCUT2D eigenvalue weighted by Crippen LogP contribution is 2.47. The second-order valence-electron chi connectivity index (χ2n) is 6.97. The van der Waals surface area contributed by atoms with Gasteiger partial charge in [0, 0.05) is 44.3 Å². The Kier molecular flexibility index (Phi) is 4.30. The molecule has 0 unspecified atom stereocenters. The monoisotopic (exact) mass is 336 g/mol. The first-order valence-corrected chi connectivity index (χ1v) is 9.01. The fourth-order valence-electron chi connectivity index (χ4n) is 3.55. The van der Waals surface area contributed by atoms with Crippen LogP contribution in [0.5, 0.6) is 0 Å². The van der Waals surface area contributed by atoms with Gasteiger partial charge in [-0.3, -0.25) is 0 Å². The van der Waals surface area contributed by atoms with E-state index in [9.17, 15) is 4.79 Å². The normalized spacial score (nSPS) is 18.7. The lowest BCUT2D eigenvalue weighted by molar-refractivity contribution is 0.193. The van der Waals surface area contributed by atoms with Crippen molar-refractivity contribution in [2.24, 2.45) is 0 Å². The van der Waals surface area contributed by atoms with Crippen molar-refractivity contribution in [3.05, 3.63) is 60.3 Å². The van der Waals surface area contributed by atoms with Gasteiger partial charge < -0.3 is 15.1 Å². The number of rotatable bonds is 4. The van der Waals surface area contributed by atoms with E-state index in [0.29, 0.717) is 0 Å². The van der Waals surface area contributed by atoms with Crippen molar-refractivity contribution < 1.29 is 4.79 Å². The van der Waals surface area contributed by atoms with Gasteiger partial charge in [0.1, 0.15) is 5.82 Å². The molecule has 5 nitrogen and oxygen atoms in total. The van der Waals surface area contributed by atoms with E-state index in [1.807, 2.05) is 35.4 Å². The van der Waals surface area contributed by atoms with Crippen LogP contribution in [0.15, 0.2) is 54.7 Å². The standard InChI is InChI=1S/C20H24N4O/c25-19(22-16-20(9-10-20)17-6-2-1-3-7-17)24-14-12-23(13-15-24)18-8-4-5-11-21-18/h1-8,11H,9-10,12-16H2,(H,22,25). The van der Waals surface area contributed by atoms with E-state index < -0.39 is 0 Å². The van der Waals surface area contributed by atoms with E-state index >= 15 is 0 Å². The van der Waals surface area contributed by atoms with Gasteiger partial charge >= 0.3 is 6.03 Å². The third-order valence-electron chi connectivity index (χ3n) is 5.36. The quantitative estimate of drug-likeness (QED) is 0.934. The number of hydrogen-bond acceptors (Lipinski definition) is 3. The Morgan fingerprint density at radius 2 is 1.72 bits per heavy atom. The zero-order valence-corrected chi connectivity index (χ0v) is 14.4. The molecule has 1 aromatic heterocycles. The molecule has 2 fully saturated rings. The summed E-state index contributed by atoms with van der Waals surface area (Å²) in [6, 6.07) is 16.5. The van der Waals surface area contributed by atoms with Crippen LogP contribution in [0.1, 0.15) is 18.4 Å². The van der Waals surface area contributed by atoms with Crippen molar-refractivity contribution in [1.82, 2.24) is 15.2 Å². The first-order valence-electron chi connectivity index (χ1n) is 9.01. The Hall–Kier alpha value is -2.56. The minimum atomic E-state index is 0.0582. The smallest absolute Gasteiger partial charge is 0.317 e. The zero-order chi connectivity index (χ0) is 17.1. The van der Waals surface area contributed by atoms with Gasteiger partial charge in [-0.15, -0.1) is 0 Å². The Balaban J connectivity index is 1.29. The average Bonchev–Trinajstić information content (AvgIpc) is 3.49. The lowest BCUT2D eigenvalue weighted by Gasteiger charge is -2.35. The maximum atomic E-state index is 12.5. The number of carbonyl (C=O) groups is 1. The number of carbonyl (C=O) groups excluding carboxylic acids is 1. The van der Waals surface area contributed by atoms with Crippen LogP contribution < -0.4 is 10.2 Å². The summed E-state index contributed by atoms with van der Waals surface area (Å²) < 4.78 is 0. The van der Waals surface area contributed by atoms with E-state index in [1.54, 1.807) is 0 Å². The predicted octanol–water partition coefficient (Wildman–Crippen LogP) is 2.65. The van der Waals surface area contributed by atoms with Crippen molar-refractivity contribution in [3.8, 4) is 0 Å². The molecule has 130 valence electrons. The molecule has 1 aliphatic carbocycles. The predicted molar refractivity (Wildman–Crippen MR) is 98.8 cm³/mol. The van der Waals surface area contributed by atoms with Crippen molar-refractivity contribution >= 4 is 11.8 Å². The van der Waals surface area contributed by atoms with Gasteiger partial charge in [-0.2, -0.15) is 0 Å². The summed E-state index contributed by atoms with van der Waals surface area (Å²) >= 11 is 0. The number of amides is 2. The van der Waals surface area contributed by atoms with Crippen molar-refractivity contribution in [2.75, 3.05) is 37.6 Å². The molecular formula is C20H24N4O. The number of aromatic nitrogens is 1. The molecule has 2 heterocycles. The van der Waals surface area contributed by atoms with Crippen LogP contribution >= 0.6 is 0 Å². The van der Waals surface area contributed by atoms with Gasteiger partial charge in [-0.1, -0.05) is 36.4 Å². The highest BCUT2D eigenvalue weighted by Gasteiger charge is 2.44. The maximum absolute atomic E-state index is 12.5. The van der Waals surface area contributed by atoms with Crippen LogP contribution in [0.3, 0.4) is 0 Å². The van der Waals surface area contributed by atoms with E-state index in [-0.39, 0.29) is 11.4 Å². The summed E-state index contributed by atoms with van der Waals surface area (Å²) in [6.45, 7) is 3.86. The summed E-state index contributed by atoms with van der Waals surface area (Å²) in [7, 11) is 0. The molecule has 1 aliphatic heterocycles. The number of anilines is 1. The summed E-state index contributed by atoms with van der Waals surface area (Å²) in [5.41, 5.74) is 1.50. The van der Waals surface area contributed by atoms with Gasteiger partial charge in [0.15, 0.2) is 0 Å². The van der Waals surface area contributed by atoms with Gasteiger partial charge in [-0.25, -0.2) is 9.78 Å². The summed E-state index contributed by atoms with van der Waals surface area (Å²) in [4.78, 5) is 21.1. The number of benzene rings is 1. The second-order valence-corrected chi connectivity index (χ2v) is 6.97. The Morgan fingerprint density at radius 3 is 2.36 bits per heavy atom. The maximum Gasteiger partial charge on any atom is 0.317 e. The molecule has 1 aromatic carbocycles. The minimum Gasteiger partial charge on any atom is -0.353 e. The molecule has 0 bridgehead atoms. The summed E-state index contributed by atoms with van der Waals surface area (Å²) in [5.74, 6) is 0.989. The highest BCUT2D eigenvalue weighted by molar-refractivity contribution is 5.74. The van der Waals surface area contributed by atoms with Gasteiger partial charge in [0.2, 0.25) is 0 Å². The molecule has 2 aliphatic rings. The van der Waals surface area contributed by atoms with Crippen LogP contribution in [0, 0.1) is 0 Å². The molecule has 1 saturated carbocycles. The van der Waals surface area contributed by atoms with E-state index in [2.05, 4.69) is 39.5 Å². The Bertz CT molecular complexity index is 707. The number of urea groups is 1. The second kappa shape index (κ2) is 6.75. The highest BCUT2D eigenvalue weighted by atomic mass is 16.2. The number of nitrogens with one attached hydrogen (secondary N) is 1. The largest absolute Gasteiger partial charge is 0.353 e. The van der Waals surface area contributed by atoms with Gasteiger partial charge in [0.25, 0.3) is 0 Å². The third kappa shape index (κ3) is 3.45. The van der Waals surface area contributed by atoms with Crippen molar-refractivity contribution in [3.63, 3.8) is 0 Å². The Morgan fingerprint density at radius 1 is 1.00 bits per heavy atom. The molecule has 0 atom stereocenters. The summed E-state index contributed by atoms with van der Waals surface area (Å²) in [6.07, 6.45) is 4.13. The molecule has 0 radical (unpaired) electrons. The fraction of sp³-hybridized carbons (Fsp3) is 0.400. The van der Waals surface area contributed by atoms with Crippen LogP contribution in [-0.2, 0) is 5.41 Å².